The fraction of sp³-hybridized carbons (Fsp3) is 0.333. The minimum atomic E-state index is -0.456. The summed E-state index contributed by atoms with van der Waals surface area (Å²) in [5.41, 5.74) is 8.16. The zero-order chi connectivity index (χ0) is 11.9. The average molecular weight is 217 g/mol. The largest absolute Gasteiger partial charge is 0.565 e. The Morgan fingerprint density at radius 3 is 2.56 bits per heavy atom. The van der Waals surface area contributed by atoms with Crippen molar-refractivity contribution in [1.29, 1.82) is 0 Å². The van der Waals surface area contributed by atoms with Crippen molar-refractivity contribution in [1.82, 2.24) is 0 Å². The fourth-order valence-corrected chi connectivity index (χ4v) is 1.66. The Morgan fingerprint density at radius 1 is 1.38 bits per heavy atom. The summed E-state index contributed by atoms with van der Waals surface area (Å²) in [6.07, 6.45) is 0. The van der Waals surface area contributed by atoms with Gasteiger partial charge in [-0.3, -0.25) is 0 Å². The van der Waals surface area contributed by atoms with Crippen LogP contribution in [-0.4, -0.2) is 12.7 Å². The van der Waals surface area contributed by atoms with Gasteiger partial charge >= 0.3 is 7.12 Å². The predicted molar refractivity (Wildman–Crippen MR) is 66.4 cm³/mol. The first-order valence-corrected chi connectivity index (χ1v) is 5.30. The van der Waals surface area contributed by atoms with E-state index in [2.05, 4.69) is 6.58 Å². The molecule has 1 aromatic rings. The molecule has 0 aliphatic carbocycles. The van der Waals surface area contributed by atoms with E-state index in [-0.39, 0.29) is 0 Å². The minimum Gasteiger partial charge on any atom is -0.534 e. The lowest BCUT2D eigenvalue weighted by Gasteiger charge is -2.15. The Morgan fingerprint density at radius 2 is 2.06 bits per heavy atom. The van der Waals surface area contributed by atoms with Crippen molar-refractivity contribution in [2.24, 2.45) is 0 Å². The van der Waals surface area contributed by atoms with Crippen LogP contribution in [0.5, 0.6) is 0 Å². The van der Waals surface area contributed by atoms with E-state index in [4.69, 9.17) is 15.0 Å². The Kier molecular flexibility index (Phi) is 2.47. The van der Waals surface area contributed by atoms with Gasteiger partial charge in [-0.15, -0.1) is 0 Å². The molecule has 0 atom stereocenters. The number of hydrogen-bond donors (Lipinski definition) is 1. The van der Waals surface area contributed by atoms with Crippen molar-refractivity contribution in [3.05, 3.63) is 36.1 Å². The highest BCUT2D eigenvalue weighted by Crippen LogP contribution is 2.29. The molecule has 3 nitrogen and oxygen atoms in total. The van der Waals surface area contributed by atoms with E-state index in [1.807, 2.05) is 39.0 Å². The normalized spacial score (nSPS) is 18.7. The average Bonchev–Trinajstić information content (AvgIpc) is 2.40. The zero-order valence-corrected chi connectivity index (χ0v) is 9.91. The number of hydrogen-bond acceptors (Lipinski definition) is 3. The van der Waals surface area contributed by atoms with Crippen LogP contribution in [0.25, 0.3) is 0 Å². The standard InChI is InChI=1S/C12H16BNO2/c1-8-5-6-10(11(14)7-8)13-15-9(2)12(3,4)16-13/h5-7H,2,14H2,1,3-4H3. The second-order valence-electron chi connectivity index (χ2n) is 4.63. The molecule has 1 heterocycles. The van der Waals surface area contributed by atoms with Crippen molar-refractivity contribution in [3.8, 4) is 0 Å². The summed E-state index contributed by atoms with van der Waals surface area (Å²) in [6.45, 7) is 9.70. The van der Waals surface area contributed by atoms with E-state index in [1.54, 1.807) is 0 Å². The van der Waals surface area contributed by atoms with Gasteiger partial charge in [-0.2, -0.15) is 0 Å². The summed E-state index contributed by atoms with van der Waals surface area (Å²) in [5.74, 6) is 0.637. The number of nitrogen functional groups attached to an aromatic ring is 1. The minimum absolute atomic E-state index is 0.442. The summed E-state index contributed by atoms with van der Waals surface area (Å²) in [6, 6.07) is 5.84. The summed E-state index contributed by atoms with van der Waals surface area (Å²) in [4.78, 5) is 0. The van der Waals surface area contributed by atoms with Crippen LogP contribution >= 0.6 is 0 Å². The quantitative estimate of drug-likeness (QED) is 0.574. The van der Waals surface area contributed by atoms with Gasteiger partial charge in [0.2, 0.25) is 0 Å². The first-order chi connectivity index (χ1) is 7.40. The van der Waals surface area contributed by atoms with Crippen molar-refractivity contribution in [3.63, 3.8) is 0 Å². The highest BCUT2D eigenvalue weighted by atomic mass is 16.7. The lowest BCUT2D eigenvalue weighted by atomic mass is 9.77. The molecule has 2 rings (SSSR count). The maximum Gasteiger partial charge on any atom is 0.565 e. The summed E-state index contributed by atoms with van der Waals surface area (Å²) in [5, 5.41) is 0. The first kappa shape index (κ1) is 11.1. The molecule has 84 valence electrons. The van der Waals surface area contributed by atoms with Gasteiger partial charge in [0.15, 0.2) is 0 Å². The third-order valence-electron chi connectivity index (χ3n) is 2.82. The molecule has 0 amide bonds. The molecule has 1 aromatic carbocycles. The molecule has 0 radical (unpaired) electrons. The van der Waals surface area contributed by atoms with E-state index in [9.17, 15) is 0 Å². The molecule has 0 aromatic heterocycles. The van der Waals surface area contributed by atoms with Gasteiger partial charge < -0.3 is 15.0 Å². The summed E-state index contributed by atoms with van der Waals surface area (Å²) < 4.78 is 11.4. The summed E-state index contributed by atoms with van der Waals surface area (Å²) >= 11 is 0. The Labute approximate surface area is 96.4 Å². The topological polar surface area (TPSA) is 44.5 Å². The molecule has 0 bridgehead atoms. The third-order valence-corrected chi connectivity index (χ3v) is 2.82. The van der Waals surface area contributed by atoms with Gasteiger partial charge in [-0.05, 0) is 32.4 Å². The van der Waals surface area contributed by atoms with Gasteiger partial charge in [0.1, 0.15) is 5.60 Å². The molecule has 0 saturated carbocycles. The molecular weight excluding hydrogens is 201 g/mol. The molecule has 0 unspecified atom stereocenters. The second kappa shape index (κ2) is 3.56. The molecule has 0 spiro atoms. The van der Waals surface area contributed by atoms with Gasteiger partial charge in [-0.25, -0.2) is 0 Å². The van der Waals surface area contributed by atoms with E-state index < -0.39 is 12.7 Å². The van der Waals surface area contributed by atoms with Crippen LogP contribution in [0.4, 0.5) is 5.69 Å². The first-order valence-electron chi connectivity index (χ1n) is 5.30. The van der Waals surface area contributed by atoms with Crippen LogP contribution in [0.3, 0.4) is 0 Å². The maximum atomic E-state index is 5.95. The Bertz CT molecular complexity index is 443. The van der Waals surface area contributed by atoms with Crippen molar-refractivity contribution in [2.75, 3.05) is 5.73 Å². The molecule has 1 saturated heterocycles. The molecule has 1 aliphatic heterocycles. The lowest BCUT2D eigenvalue weighted by molar-refractivity contribution is 0.173. The highest BCUT2D eigenvalue weighted by Gasteiger charge is 2.43. The van der Waals surface area contributed by atoms with Gasteiger partial charge in [0.25, 0.3) is 0 Å². The van der Waals surface area contributed by atoms with Gasteiger partial charge in [-0.1, -0.05) is 18.7 Å². The smallest absolute Gasteiger partial charge is 0.534 e. The van der Waals surface area contributed by atoms with Crippen LogP contribution in [0.1, 0.15) is 19.4 Å². The summed E-state index contributed by atoms with van der Waals surface area (Å²) in [7, 11) is -0.442. The molecule has 2 N–H and O–H groups in total. The van der Waals surface area contributed by atoms with Crippen molar-refractivity contribution in [2.45, 2.75) is 26.4 Å². The molecule has 4 heteroatoms. The highest BCUT2D eigenvalue weighted by molar-refractivity contribution is 6.64. The number of benzene rings is 1. The second-order valence-corrected chi connectivity index (χ2v) is 4.63. The lowest BCUT2D eigenvalue weighted by Crippen LogP contribution is -2.36. The van der Waals surface area contributed by atoms with Crippen molar-refractivity contribution >= 4 is 18.3 Å². The fourth-order valence-electron chi connectivity index (χ4n) is 1.66. The van der Waals surface area contributed by atoms with Crippen LogP contribution in [0.2, 0.25) is 0 Å². The third kappa shape index (κ3) is 1.81. The molecule has 16 heavy (non-hydrogen) atoms. The predicted octanol–water partition coefficient (Wildman–Crippen LogP) is 1.61. The van der Waals surface area contributed by atoms with E-state index in [0.717, 1.165) is 11.0 Å². The zero-order valence-electron chi connectivity index (χ0n) is 9.91. The van der Waals surface area contributed by atoms with E-state index in [0.29, 0.717) is 11.4 Å². The van der Waals surface area contributed by atoms with Gasteiger partial charge in [0, 0.05) is 11.2 Å². The van der Waals surface area contributed by atoms with Crippen LogP contribution < -0.4 is 11.2 Å². The molecule has 1 aliphatic rings. The van der Waals surface area contributed by atoms with E-state index in [1.165, 1.54) is 0 Å². The molecule has 1 fully saturated rings. The number of nitrogens with two attached hydrogens (primary N) is 1. The van der Waals surface area contributed by atoms with E-state index >= 15 is 0 Å². The monoisotopic (exact) mass is 217 g/mol. The van der Waals surface area contributed by atoms with Crippen LogP contribution in [0.15, 0.2) is 30.5 Å². The maximum absolute atomic E-state index is 5.95. The van der Waals surface area contributed by atoms with Crippen LogP contribution in [-0.2, 0) is 9.31 Å². The SMILES string of the molecule is C=C1OB(c2ccc(C)cc2N)OC1(C)C. The Hall–Kier alpha value is -1.42. The Balaban J connectivity index is 2.30. The molecular formula is C12H16BNO2. The number of aryl methyl sites for hydroxylation is 1. The van der Waals surface area contributed by atoms with Gasteiger partial charge in [0.05, 0.1) is 5.76 Å². The van der Waals surface area contributed by atoms with Crippen LogP contribution in [0, 0.1) is 6.92 Å². The van der Waals surface area contributed by atoms with Crippen molar-refractivity contribution < 1.29 is 9.31 Å². The number of anilines is 1. The number of rotatable bonds is 1.